The molecule has 2 rings (SSSR count). The van der Waals surface area contributed by atoms with Crippen molar-refractivity contribution in [1.82, 2.24) is 14.8 Å². The lowest BCUT2D eigenvalue weighted by atomic mass is 10.3. The summed E-state index contributed by atoms with van der Waals surface area (Å²) in [4.78, 5) is 11.8. The van der Waals surface area contributed by atoms with Crippen LogP contribution in [0, 0.1) is 0 Å². The standard InChI is InChI=1S/C15H24N8O3S2/c1-22(2)6-7-23(14(18)21-28(3,24)25)8-10-4-5-12(26-10)11-9-27-15(19-11)20-13(16)17/h4-5,9H,6-8H2,1-3H3,(H2,18,21)(H4,16,17,19,20). The van der Waals surface area contributed by atoms with Crippen molar-refractivity contribution in [2.45, 2.75) is 6.54 Å². The highest BCUT2D eigenvalue weighted by Gasteiger charge is 2.15. The van der Waals surface area contributed by atoms with E-state index in [1.165, 1.54) is 11.3 Å². The number of nitrogens with two attached hydrogens (primary N) is 3. The average molecular weight is 429 g/mol. The first-order chi connectivity index (χ1) is 13.0. The van der Waals surface area contributed by atoms with E-state index >= 15 is 0 Å². The number of hydrogen-bond acceptors (Lipinski definition) is 7. The molecule has 0 aromatic carbocycles. The molecule has 0 radical (unpaired) electrons. The van der Waals surface area contributed by atoms with Crippen LogP contribution in [0.3, 0.4) is 0 Å². The van der Waals surface area contributed by atoms with E-state index in [1.807, 2.05) is 19.0 Å². The number of nitrogens with zero attached hydrogens (tertiary/aromatic N) is 5. The highest BCUT2D eigenvalue weighted by Crippen LogP contribution is 2.28. The van der Waals surface area contributed by atoms with Crippen LogP contribution in [0.4, 0.5) is 5.13 Å². The van der Waals surface area contributed by atoms with Crippen LogP contribution in [0.1, 0.15) is 5.76 Å². The Balaban J connectivity index is 2.19. The fourth-order valence-electron chi connectivity index (χ4n) is 2.15. The van der Waals surface area contributed by atoms with Gasteiger partial charge in [-0.2, -0.15) is 4.99 Å². The van der Waals surface area contributed by atoms with E-state index in [0.29, 0.717) is 35.4 Å². The zero-order valence-corrected chi connectivity index (χ0v) is 17.5. The Morgan fingerprint density at radius 1 is 1.25 bits per heavy atom. The van der Waals surface area contributed by atoms with Crippen molar-refractivity contribution in [3.63, 3.8) is 0 Å². The van der Waals surface area contributed by atoms with E-state index < -0.39 is 10.0 Å². The molecule has 28 heavy (non-hydrogen) atoms. The predicted molar refractivity (Wildman–Crippen MR) is 111 cm³/mol. The first kappa shape index (κ1) is 21.7. The zero-order chi connectivity index (χ0) is 20.9. The number of thiazole rings is 1. The van der Waals surface area contributed by atoms with Crippen LogP contribution in [0.15, 0.2) is 31.3 Å². The number of sulfonamides is 1. The van der Waals surface area contributed by atoms with Crippen LogP contribution in [-0.2, 0) is 16.6 Å². The maximum absolute atomic E-state index is 11.4. The van der Waals surface area contributed by atoms with Gasteiger partial charge in [0.25, 0.3) is 10.0 Å². The van der Waals surface area contributed by atoms with E-state index in [-0.39, 0.29) is 18.5 Å². The minimum absolute atomic E-state index is 0.0711. The summed E-state index contributed by atoms with van der Waals surface area (Å²) >= 11 is 1.28. The zero-order valence-electron chi connectivity index (χ0n) is 15.9. The van der Waals surface area contributed by atoms with E-state index in [2.05, 4.69) is 14.4 Å². The van der Waals surface area contributed by atoms with Gasteiger partial charge in [-0.3, -0.25) is 0 Å². The third-order valence-corrected chi connectivity index (χ3v) is 4.63. The van der Waals surface area contributed by atoms with Gasteiger partial charge in [-0.05, 0) is 26.2 Å². The summed E-state index contributed by atoms with van der Waals surface area (Å²) in [6.07, 6.45) is 0.991. The Morgan fingerprint density at radius 3 is 2.57 bits per heavy atom. The molecule has 0 saturated carbocycles. The molecule has 0 aliphatic rings. The average Bonchev–Trinajstić information content (AvgIpc) is 3.17. The first-order valence-electron chi connectivity index (χ1n) is 8.13. The predicted octanol–water partition coefficient (Wildman–Crippen LogP) is -0.0541. The molecule has 2 aromatic heterocycles. The Morgan fingerprint density at radius 2 is 1.96 bits per heavy atom. The molecule has 0 saturated heterocycles. The summed E-state index contributed by atoms with van der Waals surface area (Å²) < 4.78 is 32.3. The SMILES string of the molecule is CN(C)CCN(Cc1ccc(-c2csc(N=C(N)N)n2)o1)C(N)=NS(C)(=O)=O. The van der Waals surface area contributed by atoms with Crippen LogP contribution >= 0.6 is 11.3 Å². The van der Waals surface area contributed by atoms with Crippen molar-refractivity contribution in [3.05, 3.63) is 23.3 Å². The van der Waals surface area contributed by atoms with E-state index in [9.17, 15) is 8.42 Å². The van der Waals surface area contributed by atoms with Gasteiger partial charge in [-0.25, -0.2) is 13.4 Å². The van der Waals surface area contributed by atoms with Crippen LogP contribution in [0.5, 0.6) is 0 Å². The molecule has 0 spiro atoms. The van der Waals surface area contributed by atoms with Crippen LogP contribution in [0.25, 0.3) is 11.5 Å². The number of hydrogen-bond donors (Lipinski definition) is 3. The van der Waals surface area contributed by atoms with Gasteiger partial charge in [-0.1, -0.05) is 0 Å². The highest BCUT2D eigenvalue weighted by atomic mass is 32.2. The van der Waals surface area contributed by atoms with E-state index in [4.69, 9.17) is 21.6 Å². The van der Waals surface area contributed by atoms with Crippen molar-refractivity contribution < 1.29 is 12.8 Å². The molecule has 2 heterocycles. The molecule has 0 aliphatic heterocycles. The third kappa shape index (κ3) is 6.83. The minimum Gasteiger partial charge on any atom is -0.458 e. The van der Waals surface area contributed by atoms with Crippen LogP contribution in [0.2, 0.25) is 0 Å². The molecule has 2 aromatic rings. The minimum atomic E-state index is -3.61. The Kier molecular flexibility index (Phi) is 6.99. The topological polar surface area (TPSA) is 169 Å². The van der Waals surface area contributed by atoms with Crippen molar-refractivity contribution in [3.8, 4) is 11.5 Å². The largest absolute Gasteiger partial charge is 0.458 e. The normalized spacial score (nSPS) is 12.4. The quantitative estimate of drug-likeness (QED) is 0.385. The van der Waals surface area contributed by atoms with Gasteiger partial charge in [-0.15, -0.1) is 15.7 Å². The molecule has 0 fully saturated rings. The maximum Gasteiger partial charge on any atom is 0.253 e. The van der Waals surface area contributed by atoms with Gasteiger partial charge in [0.2, 0.25) is 11.1 Å². The van der Waals surface area contributed by atoms with Crippen LogP contribution in [-0.4, -0.2) is 68.6 Å². The smallest absolute Gasteiger partial charge is 0.253 e. The van der Waals surface area contributed by atoms with Crippen molar-refractivity contribution in [2.24, 2.45) is 26.6 Å². The second-order valence-electron chi connectivity index (χ2n) is 6.23. The molecule has 154 valence electrons. The summed E-state index contributed by atoms with van der Waals surface area (Å²) in [5, 5.41) is 2.19. The summed E-state index contributed by atoms with van der Waals surface area (Å²) in [5.41, 5.74) is 17.2. The number of likely N-dealkylation sites (N-methyl/N-ethyl adjacent to an activating group) is 1. The van der Waals surface area contributed by atoms with Crippen molar-refractivity contribution >= 4 is 38.4 Å². The van der Waals surface area contributed by atoms with E-state index in [1.54, 1.807) is 22.4 Å². The monoisotopic (exact) mass is 428 g/mol. The second kappa shape index (κ2) is 9.03. The number of aliphatic imine (C=N–C) groups is 1. The maximum atomic E-state index is 11.4. The van der Waals surface area contributed by atoms with Gasteiger partial charge in [0.05, 0.1) is 12.8 Å². The molecule has 0 aliphatic carbocycles. The Hall–Kier alpha value is -2.64. The number of furan rings is 1. The molecule has 0 unspecified atom stereocenters. The Labute approximate surface area is 167 Å². The van der Waals surface area contributed by atoms with Crippen molar-refractivity contribution in [2.75, 3.05) is 33.4 Å². The molecule has 0 amide bonds. The highest BCUT2D eigenvalue weighted by molar-refractivity contribution is 7.89. The molecule has 11 nitrogen and oxygen atoms in total. The fraction of sp³-hybridized carbons (Fsp3) is 0.400. The van der Waals surface area contributed by atoms with Gasteiger partial charge in [0.15, 0.2) is 11.7 Å². The molecular weight excluding hydrogens is 404 g/mol. The fourth-order valence-corrected chi connectivity index (χ4v) is 3.30. The lowest BCUT2D eigenvalue weighted by Gasteiger charge is -2.24. The number of rotatable bonds is 8. The van der Waals surface area contributed by atoms with E-state index in [0.717, 1.165) is 6.26 Å². The third-order valence-electron chi connectivity index (χ3n) is 3.38. The lowest BCUT2D eigenvalue weighted by Crippen LogP contribution is -2.41. The van der Waals surface area contributed by atoms with Crippen LogP contribution < -0.4 is 17.2 Å². The molecule has 6 N–H and O–H groups in total. The van der Waals surface area contributed by atoms with Gasteiger partial charge in [0, 0.05) is 18.5 Å². The summed E-state index contributed by atoms with van der Waals surface area (Å²) in [6, 6.07) is 3.53. The summed E-state index contributed by atoms with van der Waals surface area (Å²) in [5.74, 6) is 0.954. The molecular formula is C15H24N8O3S2. The van der Waals surface area contributed by atoms with Gasteiger partial charge in [0.1, 0.15) is 11.5 Å². The number of aromatic nitrogens is 1. The first-order valence-corrected chi connectivity index (χ1v) is 10.9. The number of guanidine groups is 2. The summed E-state index contributed by atoms with van der Waals surface area (Å²) in [7, 11) is 0.204. The summed E-state index contributed by atoms with van der Waals surface area (Å²) in [6.45, 7) is 1.38. The van der Waals surface area contributed by atoms with Gasteiger partial charge < -0.3 is 31.4 Å². The molecule has 0 bridgehead atoms. The molecule has 13 heteroatoms. The second-order valence-corrected chi connectivity index (χ2v) is 8.71. The van der Waals surface area contributed by atoms with Crippen molar-refractivity contribution in [1.29, 1.82) is 0 Å². The lowest BCUT2D eigenvalue weighted by molar-refractivity contribution is 0.306. The molecule has 0 atom stereocenters. The van der Waals surface area contributed by atoms with Gasteiger partial charge >= 0.3 is 0 Å². The Bertz CT molecular complexity index is 958.